The first-order chi connectivity index (χ1) is 9.11. The van der Waals surface area contributed by atoms with E-state index in [2.05, 4.69) is 15.6 Å². The van der Waals surface area contributed by atoms with Crippen molar-refractivity contribution in [2.45, 2.75) is 13.5 Å². The van der Waals surface area contributed by atoms with E-state index in [0.717, 1.165) is 4.88 Å². The van der Waals surface area contributed by atoms with Gasteiger partial charge in [0.05, 0.1) is 12.1 Å². The van der Waals surface area contributed by atoms with Gasteiger partial charge in [0.2, 0.25) is 0 Å². The van der Waals surface area contributed by atoms with Crippen molar-refractivity contribution in [1.29, 1.82) is 0 Å². The molecule has 0 atom stereocenters. The summed E-state index contributed by atoms with van der Waals surface area (Å²) in [4.78, 5) is 17.9. The minimum absolute atomic E-state index is 0.00683. The summed E-state index contributed by atoms with van der Waals surface area (Å²) in [5.74, 6) is -1.01. The fourth-order valence-corrected chi connectivity index (χ4v) is 2.47. The standard InChI is InChI=1S/C13H14FN3OS/c1-8-3-4-9(19-8)7-17-13(18)10-5-6-16-12(15-2)11(10)14/h3-6H,7H2,1-2H3,(H,15,16)(H,17,18). The van der Waals surface area contributed by atoms with Crippen molar-refractivity contribution in [2.24, 2.45) is 0 Å². The molecule has 0 aliphatic heterocycles. The number of carbonyl (C=O) groups excluding carboxylic acids is 1. The Morgan fingerprint density at radius 1 is 1.42 bits per heavy atom. The van der Waals surface area contributed by atoms with Crippen LogP contribution in [-0.4, -0.2) is 17.9 Å². The van der Waals surface area contributed by atoms with Gasteiger partial charge >= 0.3 is 0 Å². The zero-order valence-electron chi connectivity index (χ0n) is 10.7. The van der Waals surface area contributed by atoms with Crippen molar-refractivity contribution in [3.63, 3.8) is 0 Å². The number of hydrogen-bond acceptors (Lipinski definition) is 4. The molecule has 0 saturated heterocycles. The van der Waals surface area contributed by atoms with E-state index in [1.54, 1.807) is 18.4 Å². The molecule has 2 heterocycles. The molecule has 0 radical (unpaired) electrons. The van der Waals surface area contributed by atoms with Gasteiger partial charge in [-0.15, -0.1) is 11.3 Å². The summed E-state index contributed by atoms with van der Waals surface area (Å²) in [5.41, 5.74) is -0.00683. The van der Waals surface area contributed by atoms with Crippen LogP contribution in [0, 0.1) is 12.7 Å². The van der Waals surface area contributed by atoms with Crippen LogP contribution in [0.1, 0.15) is 20.1 Å². The lowest BCUT2D eigenvalue weighted by Gasteiger charge is -2.07. The first-order valence-electron chi connectivity index (χ1n) is 5.77. The maximum Gasteiger partial charge on any atom is 0.254 e. The number of amides is 1. The lowest BCUT2D eigenvalue weighted by molar-refractivity contribution is 0.0947. The maximum absolute atomic E-state index is 13.9. The van der Waals surface area contributed by atoms with Gasteiger partial charge in [-0.05, 0) is 25.1 Å². The van der Waals surface area contributed by atoms with Crippen LogP contribution in [-0.2, 0) is 6.54 Å². The summed E-state index contributed by atoms with van der Waals surface area (Å²) in [6.45, 7) is 2.39. The van der Waals surface area contributed by atoms with Gasteiger partial charge in [0, 0.05) is 23.0 Å². The third-order valence-electron chi connectivity index (χ3n) is 2.59. The molecule has 0 unspecified atom stereocenters. The SMILES string of the molecule is CNc1nccc(C(=O)NCc2ccc(C)s2)c1F. The Bertz CT molecular complexity index is 597. The number of thiophene rings is 1. The van der Waals surface area contributed by atoms with Gasteiger partial charge in [-0.1, -0.05) is 0 Å². The second-order valence-corrected chi connectivity index (χ2v) is 5.34. The molecule has 1 amide bonds. The number of nitrogens with zero attached hydrogens (tertiary/aromatic N) is 1. The summed E-state index contributed by atoms with van der Waals surface area (Å²) >= 11 is 1.60. The minimum atomic E-state index is -0.634. The molecule has 4 nitrogen and oxygen atoms in total. The predicted molar refractivity (Wildman–Crippen MR) is 74.0 cm³/mol. The summed E-state index contributed by atoms with van der Waals surface area (Å²) in [6.07, 6.45) is 1.40. The fourth-order valence-electron chi connectivity index (χ4n) is 1.64. The lowest BCUT2D eigenvalue weighted by atomic mass is 10.2. The van der Waals surface area contributed by atoms with Crippen LogP contribution in [0.15, 0.2) is 24.4 Å². The number of carbonyl (C=O) groups is 1. The Hall–Kier alpha value is -1.95. The number of rotatable bonds is 4. The van der Waals surface area contributed by atoms with E-state index >= 15 is 0 Å². The number of aromatic nitrogens is 1. The molecule has 0 saturated carbocycles. The van der Waals surface area contributed by atoms with Crippen molar-refractivity contribution >= 4 is 23.1 Å². The van der Waals surface area contributed by atoms with Crippen LogP contribution in [0.2, 0.25) is 0 Å². The molecule has 2 N–H and O–H groups in total. The van der Waals surface area contributed by atoms with Crippen molar-refractivity contribution < 1.29 is 9.18 Å². The molecular formula is C13H14FN3OS. The predicted octanol–water partition coefficient (Wildman–Crippen LogP) is 2.56. The van der Waals surface area contributed by atoms with Gasteiger partial charge in [0.1, 0.15) is 0 Å². The first kappa shape index (κ1) is 13.5. The molecular weight excluding hydrogens is 265 g/mol. The van der Waals surface area contributed by atoms with Gasteiger partial charge in [-0.2, -0.15) is 0 Å². The van der Waals surface area contributed by atoms with Crippen molar-refractivity contribution in [1.82, 2.24) is 10.3 Å². The summed E-state index contributed by atoms with van der Waals surface area (Å²) in [5, 5.41) is 5.30. The molecule has 2 rings (SSSR count). The molecule has 0 bridgehead atoms. The van der Waals surface area contributed by atoms with Crippen LogP contribution in [0.25, 0.3) is 0 Å². The normalized spacial score (nSPS) is 10.3. The third-order valence-corrected chi connectivity index (χ3v) is 3.59. The van der Waals surface area contributed by atoms with Gasteiger partial charge in [0.15, 0.2) is 11.6 Å². The number of halogens is 1. The largest absolute Gasteiger partial charge is 0.371 e. The molecule has 100 valence electrons. The number of hydrogen-bond donors (Lipinski definition) is 2. The molecule has 0 aliphatic rings. The van der Waals surface area contributed by atoms with Gasteiger partial charge in [-0.25, -0.2) is 9.37 Å². The van der Waals surface area contributed by atoms with E-state index in [1.807, 2.05) is 19.1 Å². The second-order valence-electron chi connectivity index (χ2n) is 3.97. The molecule has 0 fully saturated rings. The smallest absolute Gasteiger partial charge is 0.254 e. The van der Waals surface area contributed by atoms with Crippen molar-refractivity contribution in [2.75, 3.05) is 12.4 Å². The Labute approximate surface area is 114 Å². The van der Waals surface area contributed by atoms with Crippen molar-refractivity contribution in [3.05, 3.63) is 45.5 Å². The summed E-state index contributed by atoms with van der Waals surface area (Å²) in [6, 6.07) is 5.30. The van der Waals surface area contributed by atoms with Crippen LogP contribution in [0.3, 0.4) is 0 Å². The van der Waals surface area contributed by atoms with Crippen LogP contribution in [0.5, 0.6) is 0 Å². The fraction of sp³-hybridized carbons (Fsp3) is 0.231. The zero-order chi connectivity index (χ0) is 13.8. The van der Waals surface area contributed by atoms with Crippen LogP contribution >= 0.6 is 11.3 Å². The molecule has 6 heteroatoms. The van der Waals surface area contributed by atoms with Crippen LogP contribution in [0.4, 0.5) is 10.2 Å². The highest BCUT2D eigenvalue weighted by Gasteiger charge is 2.15. The third kappa shape index (κ3) is 3.08. The first-order valence-corrected chi connectivity index (χ1v) is 6.59. The average molecular weight is 279 g/mol. The Balaban J connectivity index is 2.08. The highest BCUT2D eigenvalue weighted by Crippen LogP contribution is 2.16. The number of nitrogens with one attached hydrogen (secondary N) is 2. The van der Waals surface area contributed by atoms with E-state index in [9.17, 15) is 9.18 Å². The highest BCUT2D eigenvalue weighted by atomic mass is 32.1. The number of aryl methyl sites for hydroxylation is 1. The summed E-state index contributed by atoms with van der Waals surface area (Å²) in [7, 11) is 1.56. The zero-order valence-corrected chi connectivity index (χ0v) is 11.5. The molecule has 0 spiro atoms. The topological polar surface area (TPSA) is 54.0 Å². The monoisotopic (exact) mass is 279 g/mol. The number of pyridine rings is 1. The average Bonchev–Trinajstić information content (AvgIpc) is 2.82. The molecule has 19 heavy (non-hydrogen) atoms. The number of anilines is 1. The maximum atomic E-state index is 13.9. The lowest BCUT2D eigenvalue weighted by Crippen LogP contribution is -2.23. The van der Waals surface area contributed by atoms with E-state index in [0.29, 0.717) is 6.54 Å². The second kappa shape index (κ2) is 5.79. The quantitative estimate of drug-likeness (QED) is 0.904. The molecule has 2 aromatic heterocycles. The van der Waals surface area contributed by atoms with Gasteiger partial charge in [-0.3, -0.25) is 4.79 Å². The van der Waals surface area contributed by atoms with E-state index < -0.39 is 11.7 Å². The van der Waals surface area contributed by atoms with Crippen molar-refractivity contribution in [3.8, 4) is 0 Å². The van der Waals surface area contributed by atoms with E-state index in [-0.39, 0.29) is 11.4 Å². The Morgan fingerprint density at radius 2 is 2.21 bits per heavy atom. The van der Waals surface area contributed by atoms with E-state index in [1.165, 1.54) is 17.1 Å². The Kier molecular flexibility index (Phi) is 4.11. The molecule has 0 aromatic carbocycles. The Morgan fingerprint density at radius 3 is 2.84 bits per heavy atom. The molecule has 0 aliphatic carbocycles. The van der Waals surface area contributed by atoms with Crippen LogP contribution < -0.4 is 10.6 Å². The molecule has 2 aromatic rings. The van der Waals surface area contributed by atoms with Gasteiger partial charge < -0.3 is 10.6 Å². The minimum Gasteiger partial charge on any atom is -0.371 e. The van der Waals surface area contributed by atoms with E-state index in [4.69, 9.17) is 0 Å². The van der Waals surface area contributed by atoms with Gasteiger partial charge in [0.25, 0.3) is 5.91 Å². The highest BCUT2D eigenvalue weighted by molar-refractivity contribution is 7.11. The summed E-state index contributed by atoms with van der Waals surface area (Å²) < 4.78 is 13.9.